The third kappa shape index (κ3) is 3.26. The fourth-order valence-corrected chi connectivity index (χ4v) is 3.42. The first-order chi connectivity index (χ1) is 10.7. The molecule has 22 heavy (non-hydrogen) atoms. The van der Waals surface area contributed by atoms with E-state index in [2.05, 4.69) is 76.4 Å². The zero-order chi connectivity index (χ0) is 15.4. The average Bonchev–Trinajstić information content (AvgIpc) is 2.97. The lowest BCUT2D eigenvalue weighted by Gasteiger charge is -2.23. The fourth-order valence-electron chi connectivity index (χ4n) is 2.34. The molecule has 0 radical (unpaired) electrons. The minimum Gasteiger partial charge on any atom is -0.302 e. The lowest BCUT2D eigenvalue weighted by Crippen LogP contribution is -2.07. The number of hydrogen-bond donors (Lipinski definition) is 0. The third-order valence-corrected chi connectivity index (χ3v) is 4.25. The summed E-state index contributed by atoms with van der Waals surface area (Å²) in [6.07, 6.45) is 2.14. The summed E-state index contributed by atoms with van der Waals surface area (Å²) in [4.78, 5) is 3.54. The second kappa shape index (κ2) is 6.58. The van der Waals surface area contributed by atoms with E-state index in [-0.39, 0.29) is 0 Å². The van der Waals surface area contributed by atoms with Gasteiger partial charge in [0.2, 0.25) is 0 Å². The van der Waals surface area contributed by atoms with Gasteiger partial charge >= 0.3 is 0 Å². The Hall–Kier alpha value is -2.39. The Morgan fingerprint density at radius 3 is 1.82 bits per heavy atom. The second-order valence-electron chi connectivity index (χ2n) is 5.28. The molecule has 2 nitrogen and oxygen atoms in total. The number of para-hydroxylation sites is 2. The Morgan fingerprint density at radius 1 is 0.773 bits per heavy atom. The van der Waals surface area contributed by atoms with Gasteiger partial charge in [-0.2, -0.15) is 0 Å². The molecule has 0 spiro atoms. The van der Waals surface area contributed by atoms with Crippen LogP contribution in [-0.4, -0.2) is 24.9 Å². The molecule has 0 aliphatic carbocycles. The molecule has 0 aliphatic rings. The Bertz CT molecular complexity index is 717. The Balaban J connectivity index is 2.06. The largest absolute Gasteiger partial charge is 0.302 e. The van der Waals surface area contributed by atoms with E-state index in [0.29, 0.717) is 0 Å². The molecular formula is C19H19N2S+. The lowest BCUT2D eigenvalue weighted by atomic mass is 10.2. The maximum atomic E-state index is 2.29. The molecule has 0 unspecified atom stereocenters. The molecule has 3 heteroatoms. The molecule has 0 atom stereocenters. The Labute approximate surface area is 135 Å². The average molecular weight is 307 g/mol. The van der Waals surface area contributed by atoms with Crippen LogP contribution in [0.3, 0.4) is 0 Å². The standard InChI is InChI=1S/C19H19N2S/c1-20(2)15-18-13-14-19(22-18)21(16-9-5-3-6-10-16)17-11-7-4-8-12-17/h3-15H,1-2H3/q+1. The highest BCUT2D eigenvalue weighted by Gasteiger charge is 2.14. The van der Waals surface area contributed by atoms with Crippen LogP contribution in [0.5, 0.6) is 0 Å². The monoisotopic (exact) mass is 307 g/mol. The first-order valence-electron chi connectivity index (χ1n) is 7.25. The zero-order valence-electron chi connectivity index (χ0n) is 12.8. The van der Waals surface area contributed by atoms with Crippen LogP contribution in [0.4, 0.5) is 16.4 Å². The molecule has 3 rings (SSSR count). The first-order valence-corrected chi connectivity index (χ1v) is 8.07. The van der Waals surface area contributed by atoms with Crippen LogP contribution in [-0.2, 0) is 0 Å². The fraction of sp³-hybridized carbons (Fsp3) is 0.105. The predicted molar refractivity (Wildman–Crippen MR) is 96.3 cm³/mol. The summed E-state index contributed by atoms with van der Waals surface area (Å²) < 4.78 is 2.07. The van der Waals surface area contributed by atoms with E-state index < -0.39 is 0 Å². The number of hydrogen-bond acceptors (Lipinski definition) is 2. The third-order valence-electron chi connectivity index (χ3n) is 3.25. The van der Waals surface area contributed by atoms with E-state index in [1.807, 2.05) is 26.2 Å². The topological polar surface area (TPSA) is 6.25 Å². The van der Waals surface area contributed by atoms with E-state index in [1.54, 1.807) is 11.3 Å². The quantitative estimate of drug-likeness (QED) is 0.490. The number of rotatable bonds is 4. The molecule has 0 amide bonds. The van der Waals surface area contributed by atoms with E-state index in [1.165, 1.54) is 21.3 Å². The Kier molecular flexibility index (Phi) is 4.35. The predicted octanol–water partition coefficient (Wildman–Crippen LogP) is 4.91. The van der Waals surface area contributed by atoms with Gasteiger partial charge in [-0.3, -0.25) is 0 Å². The Morgan fingerprint density at radius 2 is 1.32 bits per heavy atom. The molecule has 0 bridgehead atoms. The molecule has 110 valence electrons. The summed E-state index contributed by atoms with van der Waals surface area (Å²) in [5.41, 5.74) is 2.35. The maximum absolute atomic E-state index is 2.29. The van der Waals surface area contributed by atoms with Crippen molar-refractivity contribution in [2.45, 2.75) is 0 Å². The lowest BCUT2D eigenvalue weighted by molar-refractivity contribution is -0.458. The van der Waals surface area contributed by atoms with Crippen molar-refractivity contribution in [3.05, 3.63) is 77.7 Å². The van der Waals surface area contributed by atoms with Crippen molar-refractivity contribution in [2.75, 3.05) is 19.0 Å². The molecular weight excluding hydrogens is 288 g/mol. The highest BCUT2D eigenvalue weighted by Crippen LogP contribution is 2.37. The van der Waals surface area contributed by atoms with E-state index in [9.17, 15) is 0 Å². The molecule has 0 N–H and O–H groups in total. The molecule has 0 saturated carbocycles. The number of anilines is 3. The van der Waals surface area contributed by atoms with Crippen molar-refractivity contribution in [3.8, 4) is 0 Å². The number of nitrogens with zero attached hydrogens (tertiary/aromatic N) is 2. The van der Waals surface area contributed by atoms with Gasteiger partial charge in [-0.15, -0.1) is 11.3 Å². The van der Waals surface area contributed by atoms with E-state index >= 15 is 0 Å². The van der Waals surface area contributed by atoms with Gasteiger partial charge in [0.25, 0.3) is 0 Å². The van der Waals surface area contributed by atoms with Gasteiger partial charge in [0, 0.05) is 11.4 Å². The van der Waals surface area contributed by atoms with Gasteiger partial charge in [-0.25, -0.2) is 4.58 Å². The van der Waals surface area contributed by atoms with Crippen LogP contribution in [0.1, 0.15) is 4.88 Å². The van der Waals surface area contributed by atoms with Crippen LogP contribution in [0.2, 0.25) is 0 Å². The van der Waals surface area contributed by atoms with Gasteiger partial charge in [0.1, 0.15) is 19.1 Å². The highest BCUT2D eigenvalue weighted by atomic mass is 32.1. The van der Waals surface area contributed by atoms with Crippen molar-refractivity contribution in [1.29, 1.82) is 0 Å². The van der Waals surface area contributed by atoms with Crippen LogP contribution in [0.15, 0.2) is 72.8 Å². The van der Waals surface area contributed by atoms with E-state index in [4.69, 9.17) is 0 Å². The van der Waals surface area contributed by atoms with Gasteiger partial charge in [0.05, 0.1) is 4.88 Å². The summed E-state index contributed by atoms with van der Waals surface area (Å²) >= 11 is 1.79. The zero-order valence-corrected chi connectivity index (χ0v) is 13.6. The maximum Gasteiger partial charge on any atom is 0.180 e. The van der Waals surface area contributed by atoms with E-state index in [0.717, 1.165) is 0 Å². The summed E-state index contributed by atoms with van der Waals surface area (Å²) in [5.74, 6) is 0. The summed E-state index contributed by atoms with van der Waals surface area (Å²) in [7, 11) is 4.09. The molecule has 3 aromatic rings. The van der Waals surface area contributed by atoms with Crippen molar-refractivity contribution in [1.82, 2.24) is 0 Å². The van der Waals surface area contributed by atoms with Gasteiger partial charge in [0.15, 0.2) is 6.21 Å². The van der Waals surface area contributed by atoms with Gasteiger partial charge in [-0.1, -0.05) is 36.4 Å². The summed E-state index contributed by atoms with van der Waals surface area (Å²) in [5, 5.41) is 1.21. The molecule has 0 saturated heterocycles. The minimum atomic E-state index is 1.17. The molecule has 1 aromatic heterocycles. The highest BCUT2D eigenvalue weighted by molar-refractivity contribution is 7.17. The van der Waals surface area contributed by atoms with Crippen LogP contribution in [0, 0.1) is 0 Å². The van der Waals surface area contributed by atoms with Crippen molar-refractivity contribution >= 4 is 33.9 Å². The van der Waals surface area contributed by atoms with Crippen LogP contribution < -0.4 is 4.90 Å². The smallest absolute Gasteiger partial charge is 0.180 e. The second-order valence-corrected chi connectivity index (χ2v) is 6.37. The summed E-state index contributed by atoms with van der Waals surface area (Å²) in [6, 6.07) is 25.3. The SMILES string of the molecule is C[N+](C)=Cc1ccc(N(c2ccccc2)c2ccccc2)s1. The minimum absolute atomic E-state index is 1.17. The number of thiophene rings is 1. The molecule has 1 heterocycles. The number of benzene rings is 2. The molecule has 0 aliphatic heterocycles. The van der Waals surface area contributed by atoms with Crippen molar-refractivity contribution in [3.63, 3.8) is 0 Å². The molecule has 0 fully saturated rings. The van der Waals surface area contributed by atoms with Gasteiger partial charge in [-0.05, 0) is 36.4 Å². The molecule has 2 aromatic carbocycles. The first kappa shape index (κ1) is 14.5. The van der Waals surface area contributed by atoms with Crippen molar-refractivity contribution < 1.29 is 4.58 Å². The van der Waals surface area contributed by atoms with Crippen molar-refractivity contribution in [2.24, 2.45) is 0 Å². The van der Waals surface area contributed by atoms with Crippen LogP contribution in [0.25, 0.3) is 0 Å². The van der Waals surface area contributed by atoms with Crippen LogP contribution >= 0.6 is 11.3 Å². The van der Waals surface area contributed by atoms with Gasteiger partial charge < -0.3 is 4.90 Å². The normalized spacial score (nSPS) is 10.3. The summed E-state index contributed by atoms with van der Waals surface area (Å²) in [6.45, 7) is 0.